The van der Waals surface area contributed by atoms with Crippen molar-refractivity contribution in [2.75, 3.05) is 18.9 Å². The van der Waals surface area contributed by atoms with Crippen LogP contribution in [0.2, 0.25) is 0 Å². The third kappa shape index (κ3) is 3.10. The van der Waals surface area contributed by atoms with E-state index in [1.165, 1.54) is 17.7 Å². The van der Waals surface area contributed by atoms with Gasteiger partial charge in [0.1, 0.15) is 0 Å². The number of imidazole rings is 1. The highest BCUT2D eigenvalue weighted by Gasteiger charge is 2.28. The molecule has 2 N–H and O–H groups in total. The smallest absolute Gasteiger partial charge is 0.0924 e. The fourth-order valence-corrected chi connectivity index (χ4v) is 3.12. The molecule has 0 aliphatic carbocycles. The monoisotopic (exact) mass is 284 g/mol. The van der Waals surface area contributed by atoms with Gasteiger partial charge in [0.2, 0.25) is 0 Å². The summed E-state index contributed by atoms with van der Waals surface area (Å²) in [6, 6.07) is 9.78. The summed E-state index contributed by atoms with van der Waals surface area (Å²) in [4.78, 5) is 9.65. The number of nitrogens with zero attached hydrogens (tertiary/aromatic N) is 2. The van der Waals surface area contributed by atoms with Gasteiger partial charge in [0.15, 0.2) is 0 Å². The lowest BCUT2D eigenvalue weighted by Crippen LogP contribution is -2.48. The van der Waals surface area contributed by atoms with Crippen LogP contribution in [0.3, 0.4) is 0 Å². The maximum absolute atomic E-state index is 4.06. The van der Waals surface area contributed by atoms with Crippen molar-refractivity contribution in [3.8, 4) is 11.3 Å². The quantitative estimate of drug-likeness (QED) is 0.909. The molecule has 0 radical (unpaired) electrons. The van der Waals surface area contributed by atoms with Crippen molar-refractivity contribution >= 4 is 5.69 Å². The molecule has 1 aromatic carbocycles. The van der Waals surface area contributed by atoms with Crippen molar-refractivity contribution in [3.05, 3.63) is 36.8 Å². The summed E-state index contributed by atoms with van der Waals surface area (Å²) in [5.41, 5.74) is 3.43. The molecule has 4 nitrogen and oxygen atoms in total. The third-order valence-electron chi connectivity index (χ3n) is 4.66. The number of hydrogen-bond donors (Lipinski definition) is 2. The number of nitrogens with one attached hydrogen (secondary N) is 2. The van der Waals surface area contributed by atoms with Crippen LogP contribution in [0.15, 0.2) is 36.8 Å². The van der Waals surface area contributed by atoms with E-state index in [-0.39, 0.29) is 0 Å². The van der Waals surface area contributed by atoms with Gasteiger partial charge in [-0.05, 0) is 44.0 Å². The molecule has 0 amide bonds. The van der Waals surface area contributed by atoms with E-state index in [1.807, 2.05) is 6.20 Å². The lowest BCUT2D eigenvalue weighted by atomic mass is 9.89. The molecule has 3 rings (SSSR count). The standard InChI is InChI=1S/C17H24N4/c1-12-10-21(3)13(2)8-16(12)20-15-6-4-14(5-7-15)17-9-18-11-19-17/h4-7,9,11-13,16,20H,8,10H2,1-3H3,(H,18,19). The zero-order chi connectivity index (χ0) is 14.8. The molecule has 1 fully saturated rings. The Hall–Kier alpha value is -1.81. The van der Waals surface area contributed by atoms with Crippen LogP contribution in [0.5, 0.6) is 0 Å². The van der Waals surface area contributed by atoms with E-state index in [4.69, 9.17) is 0 Å². The van der Waals surface area contributed by atoms with Crippen molar-refractivity contribution < 1.29 is 0 Å². The Labute approximate surface area is 126 Å². The van der Waals surface area contributed by atoms with Gasteiger partial charge in [-0.1, -0.05) is 19.1 Å². The third-order valence-corrected chi connectivity index (χ3v) is 4.66. The minimum Gasteiger partial charge on any atom is -0.382 e. The van der Waals surface area contributed by atoms with Crippen molar-refractivity contribution in [3.63, 3.8) is 0 Å². The first-order chi connectivity index (χ1) is 10.1. The van der Waals surface area contributed by atoms with Gasteiger partial charge in [0.05, 0.1) is 18.2 Å². The maximum Gasteiger partial charge on any atom is 0.0924 e. The molecule has 3 atom stereocenters. The molecule has 3 unspecified atom stereocenters. The predicted molar refractivity (Wildman–Crippen MR) is 87.3 cm³/mol. The summed E-state index contributed by atoms with van der Waals surface area (Å²) in [5.74, 6) is 0.665. The number of aromatic amines is 1. The second-order valence-corrected chi connectivity index (χ2v) is 6.30. The van der Waals surface area contributed by atoms with E-state index in [0.29, 0.717) is 18.0 Å². The molecular weight excluding hydrogens is 260 g/mol. The Morgan fingerprint density at radius 1 is 1.24 bits per heavy atom. The fourth-order valence-electron chi connectivity index (χ4n) is 3.12. The Morgan fingerprint density at radius 3 is 2.67 bits per heavy atom. The lowest BCUT2D eigenvalue weighted by molar-refractivity contribution is 0.145. The molecule has 2 aromatic rings. The van der Waals surface area contributed by atoms with Crippen LogP contribution in [0.4, 0.5) is 5.69 Å². The summed E-state index contributed by atoms with van der Waals surface area (Å²) in [7, 11) is 2.22. The molecule has 0 saturated carbocycles. The van der Waals surface area contributed by atoms with E-state index in [2.05, 4.69) is 65.3 Å². The van der Waals surface area contributed by atoms with Crippen LogP contribution in [0.25, 0.3) is 11.3 Å². The minimum atomic E-state index is 0.550. The number of hydrogen-bond acceptors (Lipinski definition) is 3. The highest BCUT2D eigenvalue weighted by Crippen LogP contribution is 2.25. The number of likely N-dealkylation sites (tertiary alicyclic amines) is 1. The molecule has 1 aliphatic heterocycles. The number of benzene rings is 1. The first kappa shape index (κ1) is 14.1. The summed E-state index contributed by atoms with van der Waals surface area (Å²) in [5, 5.41) is 3.70. The van der Waals surface area contributed by atoms with Gasteiger partial charge in [-0.3, -0.25) is 0 Å². The molecule has 2 heterocycles. The predicted octanol–water partition coefficient (Wildman–Crippen LogP) is 3.22. The second kappa shape index (κ2) is 5.90. The van der Waals surface area contributed by atoms with Crippen LogP contribution >= 0.6 is 0 Å². The first-order valence-electron chi connectivity index (χ1n) is 7.69. The number of rotatable bonds is 3. The van der Waals surface area contributed by atoms with E-state index in [0.717, 1.165) is 12.2 Å². The zero-order valence-electron chi connectivity index (χ0n) is 13.0. The van der Waals surface area contributed by atoms with Gasteiger partial charge in [0.25, 0.3) is 0 Å². The average Bonchev–Trinajstić information content (AvgIpc) is 3.00. The Bertz CT molecular complexity index is 561. The molecule has 0 spiro atoms. The molecular formula is C17H24N4. The van der Waals surface area contributed by atoms with Gasteiger partial charge < -0.3 is 15.2 Å². The van der Waals surface area contributed by atoms with Crippen molar-refractivity contribution in [1.82, 2.24) is 14.9 Å². The van der Waals surface area contributed by atoms with E-state index >= 15 is 0 Å². The van der Waals surface area contributed by atoms with Crippen LogP contribution in [-0.2, 0) is 0 Å². The molecule has 21 heavy (non-hydrogen) atoms. The molecule has 1 aliphatic rings. The molecule has 0 bridgehead atoms. The molecule has 4 heteroatoms. The van der Waals surface area contributed by atoms with Gasteiger partial charge in [-0.25, -0.2) is 4.98 Å². The van der Waals surface area contributed by atoms with Gasteiger partial charge in [-0.2, -0.15) is 0 Å². The fraction of sp³-hybridized carbons (Fsp3) is 0.471. The maximum atomic E-state index is 4.06. The number of anilines is 1. The van der Waals surface area contributed by atoms with Gasteiger partial charge >= 0.3 is 0 Å². The summed E-state index contributed by atoms with van der Waals surface area (Å²) in [6.45, 7) is 5.80. The lowest BCUT2D eigenvalue weighted by Gasteiger charge is -2.40. The highest BCUT2D eigenvalue weighted by molar-refractivity contribution is 5.62. The second-order valence-electron chi connectivity index (χ2n) is 6.30. The Balaban J connectivity index is 1.68. The summed E-state index contributed by atoms with van der Waals surface area (Å²) >= 11 is 0. The first-order valence-corrected chi connectivity index (χ1v) is 7.69. The van der Waals surface area contributed by atoms with E-state index in [1.54, 1.807) is 6.33 Å². The van der Waals surface area contributed by atoms with Gasteiger partial charge in [-0.15, -0.1) is 0 Å². The summed E-state index contributed by atoms with van der Waals surface area (Å²) in [6.07, 6.45) is 4.76. The van der Waals surface area contributed by atoms with Crippen molar-refractivity contribution in [2.24, 2.45) is 5.92 Å². The van der Waals surface area contributed by atoms with Crippen LogP contribution in [0.1, 0.15) is 20.3 Å². The minimum absolute atomic E-state index is 0.550. The van der Waals surface area contributed by atoms with Crippen LogP contribution < -0.4 is 5.32 Å². The molecule has 1 aromatic heterocycles. The summed E-state index contributed by atoms with van der Waals surface area (Å²) < 4.78 is 0. The highest BCUT2D eigenvalue weighted by atomic mass is 15.2. The molecule has 112 valence electrons. The van der Waals surface area contributed by atoms with Gasteiger partial charge in [0, 0.05) is 24.3 Å². The average molecular weight is 284 g/mol. The SMILES string of the molecule is CC1CN(C)C(C)CC1Nc1ccc(-c2cnc[nH]2)cc1. The van der Waals surface area contributed by atoms with E-state index < -0.39 is 0 Å². The zero-order valence-corrected chi connectivity index (χ0v) is 13.0. The Morgan fingerprint density at radius 2 is 2.00 bits per heavy atom. The van der Waals surface area contributed by atoms with Crippen LogP contribution in [-0.4, -0.2) is 40.5 Å². The topological polar surface area (TPSA) is 44.0 Å². The Kier molecular flexibility index (Phi) is 3.97. The largest absolute Gasteiger partial charge is 0.382 e. The molecule has 1 saturated heterocycles. The van der Waals surface area contributed by atoms with Crippen molar-refractivity contribution in [2.45, 2.75) is 32.4 Å². The van der Waals surface area contributed by atoms with Crippen LogP contribution in [0, 0.1) is 5.92 Å². The number of H-pyrrole nitrogens is 1. The van der Waals surface area contributed by atoms with E-state index in [9.17, 15) is 0 Å². The van der Waals surface area contributed by atoms with Crippen molar-refractivity contribution in [1.29, 1.82) is 0 Å². The number of aromatic nitrogens is 2. The number of piperidine rings is 1. The normalized spacial score (nSPS) is 26.7.